The lowest BCUT2D eigenvalue weighted by atomic mass is 9.99. The quantitative estimate of drug-likeness (QED) is 0.342. The summed E-state index contributed by atoms with van der Waals surface area (Å²) in [4.78, 5) is 23.3. The smallest absolute Gasteiger partial charge is 0.475 e. The summed E-state index contributed by atoms with van der Waals surface area (Å²) in [6.07, 6.45) is -4.60. The lowest BCUT2D eigenvalue weighted by Gasteiger charge is -2.22. The predicted molar refractivity (Wildman–Crippen MR) is 110 cm³/mol. The number of pyridine rings is 1. The first-order chi connectivity index (χ1) is 14.9. The van der Waals surface area contributed by atoms with Crippen LogP contribution in [-0.2, 0) is 16.1 Å². The number of hydrogen-bond donors (Lipinski definition) is 4. The van der Waals surface area contributed by atoms with Crippen LogP contribution in [0.4, 0.5) is 17.6 Å². The first kappa shape index (κ1) is 27.6. The highest BCUT2D eigenvalue weighted by molar-refractivity contribution is 6.53. The summed E-state index contributed by atoms with van der Waals surface area (Å²) in [6, 6.07) is 9.47. The van der Waals surface area contributed by atoms with Gasteiger partial charge in [0.15, 0.2) is 4.84 Å². The summed E-state index contributed by atoms with van der Waals surface area (Å²) < 4.78 is 44.9. The molecule has 0 radical (unpaired) electrons. The van der Waals surface area contributed by atoms with Crippen LogP contribution in [0.15, 0.2) is 42.6 Å². The molecule has 0 spiro atoms. The minimum absolute atomic E-state index is 0.368. The molecule has 0 saturated carbocycles. The number of nitrogens with two attached hydrogens (primary N) is 1. The second kappa shape index (κ2) is 12.5. The summed E-state index contributed by atoms with van der Waals surface area (Å²) in [5.74, 6) is -3.51. The van der Waals surface area contributed by atoms with E-state index in [2.05, 4.69) is 10.3 Å². The molecule has 0 fully saturated rings. The van der Waals surface area contributed by atoms with Crippen LogP contribution in [0.1, 0.15) is 17.4 Å². The fraction of sp³-hybridized carbons (Fsp3) is 0.316. The van der Waals surface area contributed by atoms with Crippen molar-refractivity contribution in [2.45, 2.75) is 29.7 Å². The molecule has 13 heteroatoms. The van der Waals surface area contributed by atoms with Gasteiger partial charge in [-0.2, -0.15) is 13.2 Å². The third-order valence-corrected chi connectivity index (χ3v) is 4.33. The van der Waals surface area contributed by atoms with Crippen molar-refractivity contribution in [3.63, 3.8) is 0 Å². The molecule has 2 aromatic rings. The molecule has 1 amide bonds. The lowest BCUT2D eigenvalue weighted by molar-refractivity contribution is -0.192. The molecule has 1 aromatic heterocycles. The molecule has 0 bridgehead atoms. The maximum atomic E-state index is 13.2. The van der Waals surface area contributed by atoms with Gasteiger partial charge in [0.1, 0.15) is 12.8 Å². The summed E-state index contributed by atoms with van der Waals surface area (Å²) in [6.45, 7) is -0.590. The molecule has 0 aliphatic carbocycles. The van der Waals surface area contributed by atoms with E-state index in [1.54, 1.807) is 30.5 Å². The van der Waals surface area contributed by atoms with Crippen molar-refractivity contribution in [3.05, 3.63) is 53.9 Å². The van der Waals surface area contributed by atoms with Gasteiger partial charge in [-0.25, -0.2) is 9.18 Å². The number of carbonyl (C=O) groups excluding carboxylic acids is 1. The van der Waals surface area contributed by atoms with E-state index in [-0.39, 0.29) is 0 Å². The zero-order valence-electron chi connectivity index (χ0n) is 16.2. The van der Waals surface area contributed by atoms with Gasteiger partial charge < -0.3 is 21.3 Å². The van der Waals surface area contributed by atoms with Gasteiger partial charge in [-0.1, -0.05) is 53.5 Å². The molecule has 176 valence electrons. The molecule has 1 heterocycles. The number of aromatic nitrogens is 1. The number of hydrogen-bond acceptors (Lipinski definition) is 5. The van der Waals surface area contributed by atoms with Gasteiger partial charge in [0.2, 0.25) is 0 Å². The van der Waals surface area contributed by atoms with Crippen molar-refractivity contribution in [2.24, 2.45) is 5.73 Å². The normalized spacial score (nSPS) is 13.0. The number of nitrogens with one attached hydrogen (secondary N) is 1. The Hall–Kier alpha value is -2.47. The second-order valence-electron chi connectivity index (χ2n) is 6.18. The van der Waals surface area contributed by atoms with E-state index in [0.717, 1.165) is 16.8 Å². The van der Waals surface area contributed by atoms with E-state index in [1.165, 1.54) is 0 Å². The molecule has 1 aromatic carbocycles. The van der Waals surface area contributed by atoms with Crippen LogP contribution in [0.5, 0.6) is 0 Å². The molecular weight excluding hydrogens is 481 g/mol. The largest absolute Gasteiger partial charge is 0.490 e. The Kier molecular flexibility index (Phi) is 10.8. The Balaban J connectivity index is 0.000000633. The van der Waals surface area contributed by atoms with Crippen molar-refractivity contribution < 1.29 is 37.4 Å². The number of carbonyl (C=O) groups is 2. The van der Waals surface area contributed by atoms with Crippen LogP contribution in [-0.4, -0.2) is 50.8 Å². The van der Waals surface area contributed by atoms with Crippen LogP contribution in [0, 0.1) is 0 Å². The molecule has 0 unspecified atom stereocenters. The SMILES string of the molecule is NCc1ccc(-c2ccc([C@@H](O)[C@@H](CF)NC(=O)C(Cl)Cl)cc2)cn1.O=C(O)C(F)(F)F. The Morgan fingerprint density at radius 3 is 2.00 bits per heavy atom. The van der Waals surface area contributed by atoms with Crippen LogP contribution >= 0.6 is 23.2 Å². The molecule has 32 heavy (non-hydrogen) atoms. The fourth-order valence-corrected chi connectivity index (χ4v) is 2.39. The van der Waals surface area contributed by atoms with Gasteiger partial charge in [0.25, 0.3) is 5.91 Å². The topological polar surface area (TPSA) is 126 Å². The average molecular weight is 500 g/mol. The second-order valence-corrected chi connectivity index (χ2v) is 7.28. The van der Waals surface area contributed by atoms with E-state index in [1.807, 2.05) is 12.1 Å². The maximum absolute atomic E-state index is 13.2. The van der Waals surface area contributed by atoms with E-state index >= 15 is 0 Å². The Morgan fingerprint density at radius 1 is 1.09 bits per heavy atom. The fourth-order valence-electron chi connectivity index (χ4n) is 2.27. The molecule has 0 aliphatic rings. The number of benzene rings is 1. The predicted octanol–water partition coefficient (Wildman–Crippen LogP) is 3.13. The number of aliphatic hydroxyl groups is 1. The zero-order valence-corrected chi connectivity index (χ0v) is 17.7. The third kappa shape index (κ3) is 8.58. The molecule has 2 atom stereocenters. The minimum atomic E-state index is -5.08. The Labute approximate surface area is 190 Å². The van der Waals surface area contributed by atoms with Gasteiger partial charge in [-0.3, -0.25) is 9.78 Å². The Bertz CT molecular complexity index is 882. The van der Waals surface area contributed by atoms with Crippen LogP contribution in [0.2, 0.25) is 0 Å². The van der Waals surface area contributed by atoms with Gasteiger partial charge in [-0.05, 0) is 17.2 Å². The van der Waals surface area contributed by atoms with Crippen LogP contribution in [0.3, 0.4) is 0 Å². The maximum Gasteiger partial charge on any atom is 0.490 e. The number of aliphatic hydroxyl groups excluding tert-OH is 1. The number of halogens is 6. The van der Waals surface area contributed by atoms with Gasteiger partial charge >= 0.3 is 12.1 Å². The van der Waals surface area contributed by atoms with Crippen molar-refractivity contribution in [1.82, 2.24) is 10.3 Å². The average Bonchev–Trinajstić information content (AvgIpc) is 2.76. The number of aliphatic carboxylic acids is 1. The summed E-state index contributed by atoms with van der Waals surface area (Å²) in [5.41, 5.74) is 8.54. The van der Waals surface area contributed by atoms with E-state index < -0.39 is 41.7 Å². The van der Waals surface area contributed by atoms with E-state index in [4.69, 9.17) is 38.8 Å². The summed E-state index contributed by atoms with van der Waals surface area (Å²) >= 11 is 10.9. The third-order valence-electron chi connectivity index (χ3n) is 3.94. The number of rotatable bonds is 7. The molecule has 5 N–H and O–H groups in total. The monoisotopic (exact) mass is 499 g/mol. The molecule has 7 nitrogen and oxygen atoms in total. The van der Waals surface area contributed by atoms with Crippen molar-refractivity contribution >= 4 is 35.1 Å². The molecule has 2 rings (SSSR count). The molecular formula is C19H19Cl2F4N3O4. The summed E-state index contributed by atoms with van der Waals surface area (Å²) in [5, 5.41) is 19.7. The van der Waals surface area contributed by atoms with E-state index in [9.17, 15) is 27.5 Å². The minimum Gasteiger partial charge on any atom is -0.475 e. The number of carboxylic acid groups (broad SMARTS) is 1. The highest BCUT2D eigenvalue weighted by Gasteiger charge is 2.38. The number of amides is 1. The number of nitrogens with zero attached hydrogens (tertiary/aromatic N) is 1. The Morgan fingerprint density at radius 2 is 1.62 bits per heavy atom. The standard InChI is InChI=1S/C17H18Cl2FN3O2.C2HF3O2/c18-16(19)17(25)23-14(7-20)15(24)11-3-1-10(2-4-11)12-5-6-13(8-21)22-9-12;3-2(4,5)1(6)7/h1-6,9,14-16,24H,7-8,21H2,(H,23,25);(H,6,7)/t14-,15-;/m1./s1. The number of carboxylic acids is 1. The van der Waals surface area contributed by atoms with Crippen LogP contribution < -0.4 is 11.1 Å². The van der Waals surface area contributed by atoms with Crippen molar-refractivity contribution in [3.8, 4) is 11.1 Å². The highest BCUT2D eigenvalue weighted by atomic mass is 35.5. The molecule has 0 saturated heterocycles. The van der Waals surface area contributed by atoms with Crippen molar-refractivity contribution in [1.29, 1.82) is 0 Å². The number of alkyl halides is 6. The van der Waals surface area contributed by atoms with Gasteiger partial charge in [0.05, 0.1) is 11.7 Å². The first-order valence-corrected chi connectivity index (χ1v) is 9.66. The molecule has 0 aliphatic heterocycles. The van der Waals surface area contributed by atoms with Gasteiger partial charge in [0, 0.05) is 18.3 Å². The van der Waals surface area contributed by atoms with E-state index in [0.29, 0.717) is 12.1 Å². The highest BCUT2D eigenvalue weighted by Crippen LogP contribution is 2.24. The first-order valence-electron chi connectivity index (χ1n) is 8.78. The van der Waals surface area contributed by atoms with Gasteiger partial charge in [-0.15, -0.1) is 0 Å². The lowest BCUT2D eigenvalue weighted by Crippen LogP contribution is -2.43. The zero-order chi connectivity index (χ0) is 24.5. The summed E-state index contributed by atoms with van der Waals surface area (Å²) in [7, 11) is 0. The van der Waals surface area contributed by atoms with Crippen LogP contribution in [0.25, 0.3) is 11.1 Å². The van der Waals surface area contributed by atoms with Crippen molar-refractivity contribution in [2.75, 3.05) is 6.67 Å².